The van der Waals surface area contributed by atoms with Gasteiger partial charge >= 0.3 is 0 Å². The number of rotatable bonds is 12. The summed E-state index contributed by atoms with van der Waals surface area (Å²) in [4.78, 5) is 35.7. The fourth-order valence-corrected chi connectivity index (χ4v) is 5.77. The van der Waals surface area contributed by atoms with Gasteiger partial charge in [-0.2, -0.15) is 0 Å². The van der Waals surface area contributed by atoms with Crippen LogP contribution in [0.5, 0.6) is 0 Å². The van der Waals surface area contributed by atoms with E-state index >= 15 is 0 Å². The smallest absolute Gasteiger partial charge is 0.226 e. The Hall–Kier alpha value is -2.67. The van der Waals surface area contributed by atoms with Crippen LogP contribution in [0, 0.1) is 17.8 Å². The molecule has 2 heterocycles. The lowest BCUT2D eigenvalue weighted by Crippen LogP contribution is -2.64. The number of aromatic nitrogens is 2. The van der Waals surface area contributed by atoms with E-state index in [9.17, 15) is 9.59 Å². The van der Waals surface area contributed by atoms with Crippen molar-refractivity contribution in [2.24, 2.45) is 23.5 Å². The molecule has 2 atom stereocenters. The number of H-pyrrole nitrogens is 1. The van der Waals surface area contributed by atoms with E-state index in [1.165, 1.54) is 19.3 Å². The Labute approximate surface area is 208 Å². The van der Waals surface area contributed by atoms with Crippen molar-refractivity contribution in [2.45, 2.75) is 70.3 Å². The van der Waals surface area contributed by atoms with Gasteiger partial charge in [0.05, 0.1) is 31.3 Å². The van der Waals surface area contributed by atoms with Crippen LogP contribution in [0.15, 0.2) is 42.9 Å². The SMILES string of the molecule is CCCCOC1(c2ccccc2)CN(C(=O)[C@H](CC2CCCCC2)C(Cc2cnc[nH]2)C(N)=O)C1. The molecule has 0 radical (unpaired) electrons. The number of carbonyl (C=O) groups is 2. The lowest BCUT2D eigenvalue weighted by Gasteiger charge is -2.51. The van der Waals surface area contributed by atoms with E-state index in [2.05, 4.69) is 29.0 Å². The fraction of sp³-hybridized carbons (Fsp3) is 0.607. The summed E-state index contributed by atoms with van der Waals surface area (Å²) < 4.78 is 6.40. The number of imidazole rings is 1. The molecule has 1 aliphatic carbocycles. The number of primary amides is 1. The molecule has 0 spiro atoms. The van der Waals surface area contributed by atoms with E-state index in [4.69, 9.17) is 10.5 Å². The molecule has 2 fully saturated rings. The molecule has 1 aliphatic heterocycles. The summed E-state index contributed by atoms with van der Waals surface area (Å²) in [5.74, 6) is -0.907. The number of nitrogens with two attached hydrogens (primary N) is 1. The molecular weight excluding hydrogens is 440 g/mol. The quantitative estimate of drug-likeness (QED) is 0.445. The molecule has 7 heteroatoms. The maximum absolute atomic E-state index is 14.0. The third kappa shape index (κ3) is 6.13. The minimum Gasteiger partial charge on any atom is -0.369 e. The number of unbranched alkanes of at least 4 members (excludes halogenated alkanes) is 1. The number of hydrogen-bond acceptors (Lipinski definition) is 4. The van der Waals surface area contributed by atoms with E-state index in [1.807, 2.05) is 23.1 Å². The van der Waals surface area contributed by atoms with Crippen molar-refractivity contribution in [1.29, 1.82) is 0 Å². The highest BCUT2D eigenvalue weighted by Gasteiger charge is 2.50. The Kier molecular flexibility index (Phi) is 8.60. The first-order valence-corrected chi connectivity index (χ1v) is 13.3. The Morgan fingerprint density at radius 1 is 1.17 bits per heavy atom. The van der Waals surface area contributed by atoms with Crippen molar-refractivity contribution in [3.8, 4) is 0 Å². The second-order valence-corrected chi connectivity index (χ2v) is 10.4. The van der Waals surface area contributed by atoms with E-state index in [0.29, 0.717) is 38.5 Å². The Morgan fingerprint density at radius 2 is 1.91 bits per heavy atom. The van der Waals surface area contributed by atoms with Gasteiger partial charge in [0.2, 0.25) is 11.8 Å². The normalized spacial score (nSPS) is 19.6. The number of nitrogens with one attached hydrogen (secondary N) is 1. The molecule has 1 saturated carbocycles. The van der Waals surface area contributed by atoms with Gasteiger partial charge in [-0.15, -0.1) is 0 Å². The number of likely N-dealkylation sites (tertiary alicyclic amines) is 1. The van der Waals surface area contributed by atoms with Gasteiger partial charge in [-0.05, 0) is 24.3 Å². The Morgan fingerprint density at radius 3 is 2.54 bits per heavy atom. The van der Waals surface area contributed by atoms with Crippen LogP contribution in [-0.4, -0.2) is 46.4 Å². The first-order chi connectivity index (χ1) is 17.0. The van der Waals surface area contributed by atoms with Crippen LogP contribution >= 0.6 is 0 Å². The Balaban J connectivity index is 1.53. The van der Waals surface area contributed by atoms with Crippen molar-refractivity contribution in [1.82, 2.24) is 14.9 Å². The van der Waals surface area contributed by atoms with E-state index in [1.54, 1.807) is 12.5 Å². The van der Waals surface area contributed by atoms with E-state index in [0.717, 1.165) is 36.9 Å². The monoisotopic (exact) mass is 480 g/mol. The zero-order chi connectivity index (χ0) is 24.7. The summed E-state index contributed by atoms with van der Waals surface area (Å²) in [6, 6.07) is 10.2. The number of ether oxygens (including phenoxy) is 1. The number of amides is 2. The molecule has 1 saturated heterocycles. The van der Waals surface area contributed by atoms with Crippen molar-refractivity contribution < 1.29 is 14.3 Å². The maximum Gasteiger partial charge on any atom is 0.226 e. The molecule has 1 aromatic heterocycles. The predicted molar refractivity (Wildman–Crippen MR) is 135 cm³/mol. The number of nitrogens with zero attached hydrogens (tertiary/aromatic N) is 2. The summed E-state index contributed by atoms with van der Waals surface area (Å²) in [7, 11) is 0. The summed E-state index contributed by atoms with van der Waals surface area (Å²) in [6.07, 6.45) is 12.4. The second-order valence-electron chi connectivity index (χ2n) is 10.4. The van der Waals surface area contributed by atoms with Gasteiger partial charge in [-0.1, -0.05) is 75.8 Å². The zero-order valence-corrected chi connectivity index (χ0v) is 21.0. The van der Waals surface area contributed by atoms with Crippen molar-refractivity contribution in [3.05, 3.63) is 54.1 Å². The molecule has 2 aromatic rings. The minimum absolute atomic E-state index is 0.0320. The van der Waals surface area contributed by atoms with Gasteiger partial charge in [-0.3, -0.25) is 9.59 Å². The van der Waals surface area contributed by atoms with Crippen LogP contribution in [0.25, 0.3) is 0 Å². The van der Waals surface area contributed by atoms with Crippen LogP contribution in [0.1, 0.15) is 69.5 Å². The molecule has 0 bridgehead atoms. The number of aromatic amines is 1. The third-order valence-corrected chi connectivity index (χ3v) is 7.86. The average molecular weight is 481 g/mol. The average Bonchev–Trinajstić information content (AvgIpc) is 3.37. The number of hydrogen-bond donors (Lipinski definition) is 2. The largest absolute Gasteiger partial charge is 0.369 e. The highest BCUT2D eigenvalue weighted by molar-refractivity contribution is 5.87. The second kappa shape index (κ2) is 11.8. The Bertz CT molecular complexity index is 934. The predicted octanol–water partition coefficient (Wildman–Crippen LogP) is 4.19. The lowest BCUT2D eigenvalue weighted by atomic mass is 9.75. The van der Waals surface area contributed by atoms with Gasteiger partial charge in [0.25, 0.3) is 0 Å². The van der Waals surface area contributed by atoms with Gasteiger partial charge in [0, 0.05) is 24.9 Å². The van der Waals surface area contributed by atoms with Crippen LogP contribution in [0.2, 0.25) is 0 Å². The van der Waals surface area contributed by atoms with Gasteiger partial charge in [0.1, 0.15) is 5.60 Å². The maximum atomic E-state index is 14.0. The van der Waals surface area contributed by atoms with Gasteiger partial charge < -0.3 is 20.4 Å². The molecule has 1 unspecified atom stereocenters. The molecule has 190 valence electrons. The summed E-state index contributed by atoms with van der Waals surface area (Å²) >= 11 is 0. The molecule has 35 heavy (non-hydrogen) atoms. The van der Waals surface area contributed by atoms with Gasteiger partial charge in [0.15, 0.2) is 0 Å². The topological polar surface area (TPSA) is 101 Å². The highest BCUT2D eigenvalue weighted by Crippen LogP contribution is 2.40. The molecule has 4 rings (SSSR count). The molecule has 7 nitrogen and oxygen atoms in total. The first kappa shape index (κ1) is 25.4. The molecule has 1 aromatic carbocycles. The first-order valence-electron chi connectivity index (χ1n) is 13.3. The van der Waals surface area contributed by atoms with Crippen LogP contribution < -0.4 is 5.73 Å². The number of benzene rings is 1. The van der Waals surface area contributed by atoms with Crippen LogP contribution in [-0.2, 0) is 26.3 Å². The van der Waals surface area contributed by atoms with Crippen LogP contribution in [0.3, 0.4) is 0 Å². The zero-order valence-electron chi connectivity index (χ0n) is 21.0. The molecular formula is C28H40N4O3. The molecule has 2 aliphatic rings. The lowest BCUT2D eigenvalue weighted by molar-refractivity contribution is -0.179. The number of carbonyl (C=O) groups excluding carboxylic acids is 2. The third-order valence-electron chi connectivity index (χ3n) is 7.86. The standard InChI is InChI=1S/C28H40N4O3/c1-2-3-14-35-28(22-12-8-5-9-13-22)18-32(19-28)27(34)25(15-21-10-6-4-7-11-21)24(26(29)33)16-23-17-30-20-31-23/h5,8-9,12-13,17,20-21,24-25H,2-4,6-7,10-11,14-16,18-19H2,1H3,(H2,29,33)(H,30,31)/t24?,25-/m1/s1. The van der Waals surface area contributed by atoms with Crippen molar-refractivity contribution in [2.75, 3.05) is 19.7 Å². The fourth-order valence-electron chi connectivity index (χ4n) is 5.77. The van der Waals surface area contributed by atoms with Crippen molar-refractivity contribution in [3.63, 3.8) is 0 Å². The highest BCUT2D eigenvalue weighted by atomic mass is 16.5. The van der Waals surface area contributed by atoms with E-state index < -0.39 is 23.3 Å². The van der Waals surface area contributed by atoms with Gasteiger partial charge in [-0.25, -0.2) is 4.98 Å². The van der Waals surface area contributed by atoms with Crippen molar-refractivity contribution >= 4 is 11.8 Å². The van der Waals surface area contributed by atoms with Crippen LogP contribution in [0.4, 0.5) is 0 Å². The molecule has 2 amide bonds. The minimum atomic E-state index is -0.558. The summed E-state index contributed by atoms with van der Waals surface area (Å²) in [5.41, 5.74) is 7.37. The summed E-state index contributed by atoms with van der Waals surface area (Å²) in [5, 5.41) is 0. The summed E-state index contributed by atoms with van der Waals surface area (Å²) in [6.45, 7) is 3.84. The van der Waals surface area contributed by atoms with E-state index in [-0.39, 0.29) is 5.91 Å². The molecule has 3 N–H and O–H groups in total.